The fourth-order valence-corrected chi connectivity index (χ4v) is 9.64. The topological polar surface area (TPSA) is 59.9 Å². The number of para-hydroxylation sites is 3. The molecule has 4 aromatic heterocycles. The smallest absolute Gasteiger partial charge is 0.135 e. The third-order valence-corrected chi connectivity index (χ3v) is 12.3. The molecule has 0 saturated carbocycles. The number of nitrogens with zero attached hydrogens (tertiary/aromatic N) is 3. The van der Waals surface area contributed by atoms with Crippen LogP contribution < -0.4 is 0 Å². The number of hydrogen-bond acceptors (Lipinski definition) is 3. The molecule has 0 atom stereocenters. The van der Waals surface area contributed by atoms with Gasteiger partial charge in [0, 0.05) is 54.5 Å². The average molecular weight is 766 g/mol. The molecule has 13 rings (SSSR count). The number of aromatic nitrogens is 2. The summed E-state index contributed by atoms with van der Waals surface area (Å²) in [5.41, 5.74) is 15.3. The molecule has 5 heteroatoms. The first-order chi connectivity index (χ1) is 29.7. The average Bonchev–Trinajstić information content (AvgIpc) is 4.05. The van der Waals surface area contributed by atoms with Gasteiger partial charge in [-0.15, -0.1) is 0 Å². The van der Waals surface area contributed by atoms with Crippen molar-refractivity contribution in [2.24, 2.45) is 0 Å². The van der Waals surface area contributed by atoms with Gasteiger partial charge in [-0.25, -0.2) is 0 Å². The molecule has 4 heterocycles. The van der Waals surface area contributed by atoms with Gasteiger partial charge in [-0.05, 0) is 125 Å². The minimum atomic E-state index is 0.613. The molecule has 0 aliphatic carbocycles. The largest absolute Gasteiger partial charge is 0.456 e. The lowest BCUT2D eigenvalue weighted by Gasteiger charge is -2.10. The van der Waals surface area contributed by atoms with Crippen molar-refractivity contribution < 1.29 is 8.83 Å². The Morgan fingerprint density at radius 2 is 0.900 bits per heavy atom. The minimum absolute atomic E-state index is 0.613. The van der Waals surface area contributed by atoms with E-state index in [1.165, 1.54) is 27.1 Å². The number of rotatable bonds is 4. The Kier molecular flexibility index (Phi) is 6.73. The molecule has 0 saturated heterocycles. The Bertz CT molecular complexity index is 3960. The summed E-state index contributed by atoms with van der Waals surface area (Å²) in [6.45, 7) is 0. The quantitative estimate of drug-likeness (QED) is 0.179. The molecule has 0 amide bonds. The third-order valence-electron chi connectivity index (χ3n) is 12.3. The molecule has 0 spiro atoms. The van der Waals surface area contributed by atoms with Gasteiger partial charge < -0.3 is 18.0 Å². The number of benzene rings is 9. The van der Waals surface area contributed by atoms with E-state index in [-0.39, 0.29) is 0 Å². The lowest BCUT2D eigenvalue weighted by Crippen LogP contribution is -1.93. The van der Waals surface area contributed by atoms with E-state index in [0.29, 0.717) is 5.56 Å². The van der Waals surface area contributed by atoms with Crippen LogP contribution in [0.5, 0.6) is 0 Å². The van der Waals surface area contributed by atoms with Crippen LogP contribution in [0.15, 0.2) is 197 Å². The second-order valence-electron chi connectivity index (χ2n) is 15.6. The fourth-order valence-electron chi connectivity index (χ4n) is 9.64. The van der Waals surface area contributed by atoms with Crippen molar-refractivity contribution in [3.8, 4) is 39.7 Å². The highest BCUT2D eigenvalue weighted by Gasteiger charge is 2.20. The molecule has 0 bridgehead atoms. The number of fused-ring (bicyclic) bond motifs is 12. The van der Waals surface area contributed by atoms with Gasteiger partial charge in [0.25, 0.3) is 0 Å². The summed E-state index contributed by atoms with van der Waals surface area (Å²) in [6, 6.07) is 68.8. The van der Waals surface area contributed by atoms with E-state index >= 15 is 0 Å². The Balaban J connectivity index is 1.03. The second-order valence-corrected chi connectivity index (χ2v) is 15.6. The van der Waals surface area contributed by atoms with Crippen molar-refractivity contribution in [1.29, 1.82) is 5.26 Å². The van der Waals surface area contributed by atoms with E-state index in [2.05, 4.69) is 167 Å². The zero-order valence-electron chi connectivity index (χ0n) is 32.1. The summed E-state index contributed by atoms with van der Waals surface area (Å²) in [7, 11) is 0. The van der Waals surface area contributed by atoms with Crippen LogP contribution in [0, 0.1) is 11.3 Å². The summed E-state index contributed by atoms with van der Waals surface area (Å²) >= 11 is 0. The molecular weight excluding hydrogens is 735 g/mol. The molecule has 0 unspecified atom stereocenters. The number of furan rings is 2. The van der Waals surface area contributed by atoms with E-state index in [4.69, 9.17) is 8.83 Å². The van der Waals surface area contributed by atoms with Crippen LogP contribution in [0.1, 0.15) is 5.56 Å². The standard InChI is InChI=1S/C55H31N3O2/c56-32-33-17-24-52-44(27-33)46-31-38(21-26-54(46)60-52)58-47-14-6-4-12-41(47)55-39(13-8-15-50(55)58)36-19-23-49-43(30-36)42-28-34(18-22-48(42)57(49)37-9-2-1-3-10-37)35-20-25-53-45(29-35)40-11-5-7-16-51(40)59-53/h1-31H. The highest BCUT2D eigenvalue weighted by Crippen LogP contribution is 2.43. The van der Waals surface area contributed by atoms with Gasteiger partial charge in [0.15, 0.2) is 0 Å². The maximum Gasteiger partial charge on any atom is 0.135 e. The summed E-state index contributed by atoms with van der Waals surface area (Å²) < 4.78 is 17.1. The van der Waals surface area contributed by atoms with Crippen LogP contribution in [-0.4, -0.2) is 9.13 Å². The summed E-state index contributed by atoms with van der Waals surface area (Å²) in [5, 5.41) is 18.6. The summed E-state index contributed by atoms with van der Waals surface area (Å²) in [4.78, 5) is 0. The fraction of sp³-hybridized carbons (Fsp3) is 0. The number of hydrogen-bond donors (Lipinski definition) is 0. The van der Waals surface area contributed by atoms with E-state index in [1.807, 2.05) is 30.3 Å². The SMILES string of the molecule is N#Cc1ccc2oc3ccc(-n4c5ccccc5c5c(-c6ccc7c(c6)c6cc(-c8ccc9oc%10ccccc%10c9c8)ccc6n7-c6ccccc6)cccc54)cc3c2c1. The molecule has 278 valence electrons. The maximum absolute atomic E-state index is 9.66. The van der Waals surface area contributed by atoms with Gasteiger partial charge in [0.1, 0.15) is 22.3 Å². The monoisotopic (exact) mass is 765 g/mol. The summed E-state index contributed by atoms with van der Waals surface area (Å²) in [5.74, 6) is 0. The molecule has 0 aliphatic heterocycles. The van der Waals surface area contributed by atoms with E-state index in [0.717, 1.165) is 94.0 Å². The molecule has 60 heavy (non-hydrogen) atoms. The molecule has 0 radical (unpaired) electrons. The molecule has 0 N–H and O–H groups in total. The third kappa shape index (κ3) is 4.67. The van der Waals surface area contributed by atoms with Crippen LogP contribution in [-0.2, 0) is 0 Å². The highest BCUT2D eigenvalue weighted by atomic mass is 16.3. The van der Waals surface area contributed by atoms with Crippen LogP contribution in [0.25, 0.3) is 121 Å². The molecule has 13 aromatic rings. The first kappa shape index (κ1) is 32.7. The lowest BCUT2D eigenvalue weighted by atomic mass is 9.97. The molecule has 5 nitrogen and oxygen atoms in total. The minimum Gasteiger partial charge on any atom is -0.456 e. The highest BCUT2D eigenvalue weighted by molar-refractivity contribution is 6.18. The van der Waals surface area contributed by atoms with E-state index < -0.39 is 0 Å². The lowest BCUT2D eigenvalue weighted by molar-refractivity contribution is 0.668. The molecular formula is C55H31N3O2. The van der Waals surface area contributed by atoms with Crippen molar-refractivity contribution in [1.82, 2.24) is 9.13 Å². The summed E-state index contributed by atoms with van der Waals surface area (Å²) in [6.07, 6.45) is 0. The van der Waals surface area contributed by atoms with Gasteiger partial charge >= 0.3 is 0 Å². The van der Waals surface area contributed by atoms with Crippen LogP contribution in [0.3, 0.4) is 0 Å². The van der Waals surface area contributed by atoms with Gasteiger partial charge in [-0.1, -0.05) is 84.9 Å². The predicted molar refractivity (Wildman–Crippen MR) is 245 cm³/mol. The first-order valence-corrected chi connectivity index (χ1v) is 20.1. The molecule has 0 fully saturated rings. The Morgan fingerprint density at radius 1 is 0.350 bits per heavy atom. The Labute approximate surface area is 342 Å². The zero-order valence-corrected chi connectivity index (χ0v) is 32.1. The van der Waals surface area contributed by atoms with Gasteiger partial charge in [-0.2, -0.15) is 5.26 Å². The number of nitriles is 1. The maximum atomic E-state index is 9.66. The van der Waals surface area contributed by atoms with Crippen molar-refractivity contribution in [2.75, 3.05) is 0 Å². The van der Waals surface area contributed by atoms with Crippen LogP contribution in [0.4, 0.5) is 0 Å². The Hall–Kier alpha value is -8.33. The van der Waals surface area contributed by atoms with Crippen molar-refractivity contribution >= 4 is 87.5 Å². The normalized spacial score (nSPS) is 12.0. The van der Waals surface area contributed by atoms with Crippen LogP contribution in [0.2, 0.25) is 0 Å². The Morgan fingerprint density at radius 3 is 1.70 bits per heavy atom. The second kappa shape index (κ2) is 12.3. The predicted octanol–water partition coefficient (Wildman–Crippen LogP) is 14.9. The van der Waals surface area contributed by atoms with Gasteiger partial charge in [-0.3, -0.25) is 0 Å². The van der Waals surface area contributed by atoms with Gasteiger partial charge in [0.05, 0.1) is 33.7 Å². The zero-order chi connectivity index (χ0) is 39.5. The van der Waals surface area contributed by atoms with Crippen molar-refractivity contribution in [2.45, 2.75) is 0 Å². The van der Waals surface area contributed by atoms with Crippen molar-refractivity contribution in [3.05, 3.63) is 194 Å². The van der Waals surface area contributed by atoms with Crippen molar-refractivity contribution in [3.63, 3.8) is 0 Å². The molecule has 0 aliphatic rings. The van der Waals surface area contributed by atoms with E-state index in [9.17, 15) is 5.26 Å². The van der Waals surface area contributed by atoms with Crippen LogP contribution >= 0.6 is 0 Å². The molecule has 9 aromatic carbocycles. The van der Waals surface area contributed by atoms with E-state index in [1.54, 1.807) is 6.07 Å². The first-order valence-electron chi connectivity index (χ1n) is 20.1. The van der Waals surface area contributed by atoms with Gasteiger partial charge in [0.2, 0.25) is 0 Å².